The minimum Gasteiger partial charge on any atom is -1.00 e. The quantitative estimate of drug-likeness (QED) is 0.113. The number of hydrogen-bond acceptors (Lipinski definition) is 7. The zero-order valence-electron chi connectivity index (χ0n) is 32.6. The molecule has 9 rings (SSSR count). The van der Waals surface area contributed by atoms with Gasteiger partial charge in [0, 0.05) is 57.0 Å². The van der Waals surface area contributed by atoms with E-state index in [2.05, 4.69) is 122 Å². The molecule has 4 aromatic carbocycles. The van der Waals surface area contributed by atoms with Gasteiger partial charge in [0.15, 0.2) is 4.98 Å². The predicted molar refractivity (Wildman–Crippen MR) is 215 cm³/mol. The second kappa shape index (κ2) is 13.3. The van der Waals surface area contributed by atoms with Crippen molar-refractivity contribution in [2.45, 2.75) is 78.6 Å². The second-order valence-corrected chi connectivity index (χ2v) is 17.3. The number of halogens is 1. The summed E-state index contributed by atoms with van der Waals surface area (Å²) in [6.45, 7) is 19.7. The number of benzene rings is 4. The smallest absolute Gasteiger partial charge is 1.00 e. The van der Waals surface area contributed by atoms with Crippen LogP contribution in [0.1, 0.15) is 79.0 Å². The first-order valence-electron chi connectivity index (χ1n) is 18.2. The van der Waals surface area contributed by atoms with E-state index in [-0.39, 0.29) is 45.7 Å². The maximum atomic E-state index is 9.73. The molecule has 2 aliphatic rings. The predicted octanol–water partition coefficient (Wildman–Crippen LogP) is 7.51. The molecule has 0 spiro atoms. The first kappa shape index (κ1) is 38.7. The first-order valence-corrected chi connectivity index (χ1v) is 18.2. The standard InChI is InChI=1S/C44H40N10.ClH.Cu/c1-42(2,3)22-10-14-26-30(18-22)38-46-34(26)48-39-32-20-24(44(7,8)9)12-16-28(32)36(50-39)52-41-33-21-25(54-45)13-17-29(33)37(53-41)51-40-31-19-23(43(4,5)6)11-15-27(31)35(47-38)49-40;;/h10-21,45H,1-9H3;1H;/q;;+2/p-2. The average molecular weight is 807 g/mol. The summed E-state index contributed by atoms with van der Waals surface area (Å²) in [5.74, 6) is 1.89. The number of diazo groups is 1. The van der Waals surface area contributed by atoms with Crippen molar-refractivity contribution in [1.29, 1.82) is 5.39 Å². The molecular weight excluding hydrogens is 768 g/mol. The van der Waals surface area contributed by atoms with Crippen LogP contribution in [0.15, 0.2) is 72.8 Å². The fourth-order valence-electron chi connectivity index (χ4n) is 7.11. The van der Waals surface area contributed by atoms with Crippen molar-refractivity contribution < 1.29 is 29.5 Å². The van der Waals surface area contributed by atoms with Gasteiger partial charge in [-0.05, 0) is 78.7 Å². The second-order valence-electron chi connectivity index (χ2n) is 17.3. The van der Waals surface area contributed by atoms with Gasteiger partial charge in [0.25, 0.3) is 0 Å². The number of rotatable bonds is 0. The van der Waals surface area contributed by atoms with Crippen molar-refractivity contribution in [2.75, 3.05) is 0 Å². The molecule has 1 radical (unpaired) electrons. The zero-order valence-corrected chi connectivity index (χ0v) is 34.3. The van der Waals surface area contributed by atoms with Gasteiger partial charge in [-0.15, -0.1) is 0 Å². The first-order chi connectivity index (χ1) is 25.5. The van der Waals surface area contributed by atoms with Crippen molar-refractivity contribution in [3.63, 3.8) is 0 Å². The average Bonchev–Trinajstić information content (AvgIpc) is 3.84. The molecule has 0 unspecified atom stereocenters. The summed E-state index contributed by atoms with van der Waals surface area (Å²) in [5, 5.41) is 13.1. The molecule has 10 nitrogen and oxygen atoms in total. The fourth-order valence-corrected chi connectivity index (χ4v) is 7.11. The van der Waals surface area contributed by atoms with Gasteiger partial charge in [0.05, 0.1) is 23.3 Å². The van der Waals surface area contributed by atoms with Crippen LogP contribution >= 0.6 is 0 Å². The topological polar surface area (TPSA) is 134 Å². The summed E-state index contributed by atoms with van der Waals surface area (Å²) in [6, 6.07) is 24.4. The molecular formula is C44H39ClCuN10. The fraction of sp³-hybridized carbons (Fsp3) is 0.273. The summed E-state index contributed by atoms with van der Waals surface area (Å²) in [5.41, 5.74) is 8.68. The normalized spacial score (nSPS) is 12.4. The van der Waals surface area contributed by atoms with Crippen LogP contribution in [-0.2, 0) is 33.3 Å². The third-order valence-electron chi connectivity index (χ3n) is 10.4. The Balaban J connectivity index is 0.00000240. The Bertz CT molecular complexity index is 2950. The third kappa shape index (κ3) is 6.42. The molecule has 0 amide bonds. The van der Waals surface area contributed by atoms with E-state index in [1.54, 1.807) is 12.1 Å². The number of aromatic nitrogens is 8. The number of hydrogen-bond donors (Lipinski definition) is 0. The van der Waals surface area contributed by atoms with E-state index in [1.165, 1.54) is 0 Å². The largest absolute Gasteiger partial charge is 2.00 e. The van der Waals surface area contributed by atoms with Gasteiger partial charge in [-0.3, -0.25) is 0 Å². The molecule has 2 aliphatic heterocycles. The summed E-state index contributed by atoms with van der Waals surface area (Å²) >= 11 is 0. The Labute approximate surface area is 341 Å². The number of nitrogens with zero attached hydrogens (tertiary/aromatic N) is 10. The van der Waals surface area contributed by atoms with E-state index in [0.29, 0.717) is 57.1 Å². The molecule has 3 aromatic heterocycles. The summed E-state index contributed by atoms with van der Waals surface area (Å²) in [6.07, 6.45) is 0. The third-order valence-corrected chi connectivity index (χ3v) is 10.4. The van der Waals surface area contributed by atoms with Crippen LogP contribution in [0.3, 0.4) is 0 Å². The molecule has 0 saturated carbocycles. The Morgan fingerprint density at radius 3 is 1.21 bits per heavy atom. The zero-order chi connectivity index (χ0) is 37.9. The van der Waals surface area contributed by atoms with Gasteiger partial charge in [-0.25, -0.2) is 9.97 Å². The Kier molecular flexibility index (Phi) is 9.20. The molecule has 283 valence electrons. The van der Waals surface area contributed by atoms with Crippen molar-refractivity contribution in [2.24, 2.45) is 0 Å². The van der Waals surface area contributed by atoms with Crippen molar-refractivity contribution >= 4 is 49.8 Å². The Morgan fingerprint density at radius 2 is 0.786 bits per heavy atom. The van der Waals surface area contributed by atoms with Gasteiger partial charge in [-0.1, -0.05) is 98.7 Å². The van der Waals surface area contributed by atoms with Gasteiger partial charge in [-0.2, -0.15) is 0 Å². The number of fused-ring (bicyclic) bond motifs is 20. The van der Waals surface area contributed by atoms with Crippen molar-refractivity contribution in [3.05, 3.63) is 94.5 Å². The molecule has 0 saturated heterocycles. The van der Waals surface area contributed by atoms with E-state index < -0.39 is 0 Å². The Morgan fingerprint density at radius 1 is 0.429 bits per heavy atom. The van der Waals surface area contributed by atoms with Crippen molar-refractivity contribution in [1.82, 2.24) is 39.9 Å². The van der Waals surface area contributed by atoms with E-state index in [4.69, 9.17) is 39.9 Å². The SMILES string of the molecule is CC(C)(C)c1ccc2c(c1)-c1nc-2nc2[n-]c(nc3nc(nc4[n-]c(n1)c1ccc(C(C)(C)C)cc41)-c1ccc([N+]#N)cc1-3)c1ccc(C(C)(C)C)cc21.[Cl-].[Cu+2]. The molecule has 0 N–H and O–H groups in total. The summed E-state index contributed by atoms with van der Waals surface area (Å²) < 4.78 is 0. The molecule has 0 fully saturated rings. The van der Waals surface area contributed by atoms with Gasteiger partial charge >= 0.3 is 22.8 Å². The summed E-state index contributed by atoms with van der Waals surface area (Å²) in [7, 11) is 0. The maximum absolute atomic E-state index is 9.73. The van der Waals surface area contributed by atoms with Crippen LogP contribution in [0, 0.1) is 5.39 Å². The summed E-state index contributed by atoms with van der Waals surface area (Å²) in [4.78, 5) is 44.2. The van der Waals surface area contributed by atoms with Gasteiger partial charge < -0.3 is 42.3 Å². The van der Waals surface area contributed by atoms with Crippen molar-refractivity contribution in [3.8, 4) is 45.6 Å². The van der Waals surface area contributed by atoms with E-state index in [1.807, 2.05) is 6.07 Å². The van der Waals surface area contributed by atoms with Crippen LogP contribution < -0.4 is 22.4 Å². The molecule has 12 heteroatoms. The minimum absolute atomic E-state index is 0. The Hall–Kier alpha value is -5.53. The van der Waals surface area contributed by atoms with Crippen LogP contribution in [0.4, 0.5) is 5.69 Å². The molecule has 0 atom stereocenters. The van der Waals surface area contributed by atoms with Crippen LogP contribution in [0.25, 0.3) is 94.7 Å². The molecule has 7 aromatic rings. The molecule has 5 heterocycles. The van der Waals surface area contributed by atoms with Gasteiger partial charge in [0.1, 0.15) is 0 Å². The van der Waals surface area contributed by atoms with Crippen LogP contribution in [0.5, 0.6) is 0 Å². The molecule has 56 heavy (non-hydrogen) atoms. The van der Waals surface area contributed by atoms with E-state index in [9.17, 15) is 5.39 Å². The van der Waals surface area contributed by atoms with Crippen LogP contribution in [-0.4, -0.2) is 29.9 Å². The van der Waals surface area contributed by atoms with E-state index >= 15 is 0 Å². The van der Waals surface area contributed by atoms with E-state index in [0.717, 1.165) is 54.9 Å². The maximum Gasteiger partial charge on any atom is 2.00 e. The molecule has 0 aliphatic carbocycles. The van der Waals surface area contributed by atoms with Gasteiger partial charge in [0.2, 0.25) is 5.39 Å². The molecule has 8 bridgehead atoms. The monoisotopic (exact) mass is 805 g/mol. The minimum atomic E-state index is -0.109. The van der Waals surface area contributed by atoms with Crippen LogP contribution in [0.2, 0.25) is 0 Å².